The zero-order chi connectivity index (χ0) is 13.0. The number of rotatable bonds is 3. The standard InChI is InChI=1S/C14H13N3S/c1-18-13-5-2-11(3-6-13)17-12-4-7-14(16)10(8-12)9-15/h2-8,17H,16H2,1H3. The van der Waals surface area contributed by atoms with E-state index in [1.54, 1.807) is 23.9 Å². The molecule has 0 aromatic heterocycles. The Morgan fingerprint density at radius 3 is 2.39 bits per heavy atom. The van der Waals surface area contributed by atoms with Crippen LogP contribution >= 0.6 is 11.8 Å². The maximum absolute atomic E-state index is 8.92. The van der Waals surface area contributed by atoms with Crippen LogP contribution < -0.4 is 11.1 Å². The Hall–Kier alpha value is -2.12. The van der Waals surface area contributed by atoms with Gasteiger partial charge in [-0.1, -0.05) is 0 Å². The first-order valence-electron chi connectivity index (χ1n) is 5.43. The van der Waals surface area contributed by atoms with Gasteiger partial charge in [0.1, 0.15) is 6.07 Å². The summed E-state index contributed by atoms with van der Waals surface area (Å²) in [4.78, 5) is 1.22. The molecule has 0 radical (unpaired) electrons. The molecule has 0 saturated carbocycles. The number of benzene rings is 2. The van der Waals surface area contributed by atoms with Crippen LogP contribution in [0.2, 0.25) is 0 Å². The number of nitriles is 1. The van der Waals surface area contributed by atoms with Gasteiger partial charge in [-0.05, 0) is 48.7 Å². The number of nitrogens with zero attached hydrogens (tertiary/aromatic N) is 1. The SMILES string of the molecule is CSc1ccc(Nc2ccc(N)c(C#N)c2)cc1. The maximum Gasteiger partial charge on any atom is 0.101 e. The molecule has 18 heavy (non-hydrogen) atoms. The molecule has 3 N–H and O–H groups in total. The van der Waals surface area contributed by atoms with E-state index in [1.165, 1.54) is 4.90 Å². The number of nitrogens with one attached hydrogen (secondary N) is 1. The molecule has 0 bridgehead atoms. The third-order valence-electron chi connectivity index (χ3n) is 2.55. The maximum atomic E-state index is 8.92. The smallest absolute Gasteiger partial charge is 0.101 e. The quantitative estimate of drug-likeness (QED) is 0.649. The molecule has 3 nitrogen and oxygen atoms in total. The third kappa shape index (κ3) is 2.76. The number of anilines is 3. The van der Waals surface area contributed by atoms with E-state index < -0.39 is 0 Å². The molecule has 4 heteroatoms. The Morgan fingerprint density at radius 1 is 1.11 bits per heavy atom. The molecule has 2 rings (SSSR count). The number of thioether (sulfide) groups is 1. The van der Waals surface area contributed by atoms with Crippen LogP contribution in [0.25, 0.3) is 0 Å². The van der Waals surface area contributed by atoms with Crippen molar-refractivity contribution in [1.82, 2.24) is 0 Å². The summed E-state index contributed by atoms with van der Waals surface area (Å²) in [6.45, 7) is 0. The largest absolute Gasteiger partial charge is 0.398 e. The average Bonchev–Trinajstić information content (AvgIpc) is 2.42. The average molecular weight is 255 g/mol. The third-order valence-corrected chi connectivity index (χ3v) is 3.30. The van der Waals surface area contributed by atoms with Gasteiger partial charge in [0.2, 0.25) is 0 Å². The second-order valence-electron chi connectivity index (χ2n) is 3.77. The van der Waals surface area contributed by atoms with E-state index in [1.807, 2.05) is 24.5 Å². The lowest BCUT2D eigenvalue weighted by Crippen LogP contribution is -1.94. The minimum Gasteiger partial charge on any atom is -0.398 e. The molecule has 0 aliphatic heterocycles. The second-order valence-corrected chi connectivity index (χ2v) is 4.65. The molecule has 2 aromatic rings. The number of hydrogen-bond donors (Lipinski definition) is 2. The van der Waals surface area contributed by atoms with Gasteiger partial charge in [-0.2, -0.15) is 5.26 Å². The topological polar surface area (TPSA) is 61.8 Å². The summed E-state index contributed by atoms with van der Waals surface area (Å²) in [5.41, 5.74) is 8.51. The van der Waals surface area contributed by atoms with E-state index in [-0.39, 0.29) is 0 Å². The predicted octanol–water partition coefficient (Wildman–Crippen LogP) is 3.61. The fourth-order valence-corrected chi connectivity index (χ4v) is 1.98. The zero-order valence-corrected chi connectivity index (χ0v) is 10.8. The monoisotopic (exact) mass is 255 g/mol. The molecule has 0 saturated heterocycles. The van der Waals surface area contributed by atoms with Crippen LogP contribution in [0.5, 0.6) is 0 Å². The molecule has 0 aliphatic carbocycles. The molecule has 0 amide bonds. The molecule has 0 fully saturated rings. The number of nitrogen functional groups attached to an aromatic ring is 1. The second kappa shape index (κ2) is 5.48. The molecular formula is C14H13N3S. The predicted molar refractivity (Wildman–Crippen MR) is 77.1 cm³/mol. The van der Waals surface area contributed by atoms with E-state index in [2.05, 4.69) is 23.5 Å². The Balaban J connectivity index is 2.20. The fourth-order valence-electron chi connectivity index (χ4n) is 1.57. The van der Waals surface area contributed by atoms with E-state index >= 15 is 0 Å². The summed E-state index contributed by atoms with van der Waals surface area (Å²) in [6.07, 6.45) is 2.04. The van der Waals surface area contributed by atoms with Gasteiger partial charge in [-0.25, -0.2) is 0 Å². The molecule has 0 spiro atoms. The first-order chi connectivity index (χ1) is 8.72. The summed E-state index contributed by atoms with van der Waals surface area (Å²) >= 11 is 1.70. The van der Waals surface area contributed by atoms with Gasteiger partial charge in [0.15, 0.2) is 0 Å². The summed E-state index contributed by atoms with van der Waals surface area (Å²) in [7, 11) is 0. The van der Waals surface area contributed by atoms with Crippen molar-refractivity contribution in [2.75, 3.05) is 17.3 Å². The van der Waals surface area contributed by atoms with Crippen LogP contribution in [-0.4, -0.2) is 6.26 Å². The molecule has 0 heterocycles. The molecule has 0 atom stereocenters. The van der Waals surface area contributed by atoms with Gasteiger partial charge in [-0.3, -0.25) is 0 Å². The summed E-state index contributed by atoms with van der Waals surface area (Å²) < 4.78 is 0. The van der Waals surface area contributed by atoms with Crippen LogP contribution in [0.1, 0.15) is 5.56 Å². The lowest BCUT2D eigenvalue weighted by atomic mass is 10.1. The lowest BCUT2D eigenvalue weighted by molar-refractivity contribution is 1.43. The van der Waals surface area contributed by atoms with Crippen molar-refractivity contribution in [1.29, 1.82) is 5.26 Å². The molecule has 2 aromatic carbocycles. The van der Waals surface area contributed by atoms with Crippen LogP contribution in [-0.2, 0) is 0 Å². The van der Waals surface area contributed by atoms with Crippen molar-refractivity contribution >= 4 is 28.8 Å². The Kier molecular flexibility index (Phi) is 3.75. The van der Waals surface area contributed by atoms with Crippen LogP contribution in [0.15, 0.2) is 47.4 Å². The van der Waals surface area contributed by atoms with E-state index in [0.29, 0.717) is 11.3 Å². The Bertz CT molecular complexity index is 585. The van der Waals surface area contributed by atoms with Gasteiger partial charge in [0.05, 0.1) is 5.56 Å². The van der Waals surface area contributed by atoms with Gasteiger partial charge in [-0.15, -0.1) is 11.8 Å². The first kappa shape index (κ1) is 12.3. The summed E-state index contributed by atoms with van der Waals surface area (Å²) in [6, 6.07) is 15.5. The highest BCUT2D eigenvalue weighted by Crippen LogP contribution is 2.23. The molecular weight excluding hydrogens is 242 g/mol. The number of hydrogen-bond acceptors (Lipinski definition) is 4. The van der Waals surface area contributed by atoms with Crippen molar-refractivity contribution in [3.8, 4) is 6.07 Å². The highest BCUT2D eigenvalue weighted by Gasteiger charge is 2.00. The lowest BCUT2D eigenvalue weighted by Gasteiger charge is -2.08. The van der Waals surface area contributed by atoms with Crippen molar-refractivity contribution in [3.05, 3.63) is 48.0 Å². The number of nitrogens with two attached hydrogens (primary N) is 1. The van der Waals surface area contributed by atoms with Crippen molar-refractivity contribution in [2.24, 2.45) is 0 Å². The van der Waals surface area contributed by atoms with Gasteiger partial charge >= 0.3 is 0 Å². The van der Waals surface area contributed by atoms with Gasteiger partial charge in [0.25, 0.3) is 0 Å². The van der Waals surface area contributed by atoms with Crippen molar-refractivity contribution in [2.45, 2.75) is 4.90 Å². The molecule has 0 aliphatic rings. The highest BCUT2D eigenvalue weighted by molar-refractivity contribution is 7.98. The normalized spacial score (nSPS) is 9.78. The van der Waals surface area contributed by atoms with E-state index in [9.17, 15) is 0 Å². The van der Waals surface area contributed by atoms with Crippen molar-refractivity contribution < 1.29 is 0 Å². The van der Waals surface area contributed by atoms with E-state index in [4.69, 9.17) is 11.0 Å². The summed E-state index contributed by atoms with van der Waals surface area (Å²) in [5, 5.41) is 12.2. The minimum absolute atomic E-state index is 0.487. The Morgan fingerprint density at radius 2 is 1.78 bits per heavy atom. The minimum atomic E-state index is 0.487. The first-order valence-corrected chi connectivity index (χ1v) is 6.66. The van der Waals surface area contributed by atoms with E-state index in [0.717, 1.165) is 11.4 Å². The zero-order valence-electron chi connectivity index (χ0n) is 9.97. The van der Waals surface area contributed by atoms with Crippen molar-refractivity contribution in [3.63, 3.8) is 0 Å². The van der Waals surface area contributed by atoms with Gasteiger partial charge in [0, 0.05) is 22.0 Å². The van der Waals surface area contributed by atoms with Crippen LogP contribution in [0.4, 0.5) is 17.1 Å². The highest BCUT2D eigenvalue weighted by atomic mass is 32.2. The molecule has 0 unspecified atom stereocenters. The van der Waals surface area contributed by atoms with Gasteiger partial charge < -0.3 is 11.1 Å². The van der Waals surface area contributed by atoms with Crippen LogP contribution in [0.3, 0.4) is 0 Å². The fraction of sp³-hybridized carbons (Fsp3) is 0.0714. The Labute approximate surface area is 111 Å². The summed E-state index contributed by atoms with van der Waals surface area (Å²) in [5.74, 6) is 0. The molecule has 90 valence electrons. The van der Waals surface area contributed by atoms with Crippen LogP contribution in [0, 0.1) is 11.3 Å².